The van der Waals surface area contributed by atoms with E-state index in [2.05, 4.69) is 20.1 Å². The fourth-order valence-electron chi connectivity index (χ4n) is 3.60. The van der Waals surface area contributed by atoms with Gasteiger partial charge in [-0.25, -0.2) is 4.98 Å². The molecule has 1 N–H and O–H groups in total. The maximum Gasteiger partial charge on any atom is 0.273 e. The van der Waals surface area contributed by atoms with E-state index in [1.165, 1.54) is 12.0 Å². The van der Waals surface area contributed by atoms with Crippen molar-refractivity contribution < 1.29 is 13.9 Å². The number of halogens is 1. The van der Waals surface area contributed by atoms with Gasteiger partial charge in [-0.3, -0.25) is 9.69 Å². The van der Waals surface area contributed by atoms with E-state index in [-0.39, 0.29) is 12.0 Å². The van der Waals surface area contributed by atoms with Crippen LogP contribution in [-0.4, -0.2) is 61.2 Å². The molecule has 150 valence electrons. The molecule has 2 aliphatic rings. The normalized spacial score (nSPS) is 20.5. The first-order valence-electron chi connectivity index (χ1n) is 9.74. The quantitative estimate of drug-likeness (QED) is 0.797. The van der Waals surface area contributed by atoms with Gasteiger partial charge >= 0.3 is 0 Å². The van der Waals surface area contributed by atoms with E-state index in [4.69, 9.17) is 20.8 Å². The zero-order chi connectivity index (χ0) is 19.3. The first kappa shape index (κ1) is 19.2. The van der Waals surface area contributed by atoms with E-state index in [0.717, 1.165) is 50.7 Å². The summed E-state index contributed by atoms with van der Waals surface area (Å²) in [5, 5.41) is 3.62. The number of nitrogens with zero attached hydrogens (tertiary/aromatic N) is 3. The molecule has 2 saturated heterocycles. The lowest BCUT2D eigenvalue weighted by atomic mass is 10.2. The van der Waals surface area contributed by atoms with Crippen molar-refractivity contribution >= 4 is 23.2 Å². The lowest BCUT2D eigenvalue weighted by molar-refractivity contribution is 0.0853. The lowest BCUT2D eigenvalue weighted by Crippen LogP contribution is -2.46. The van der Waals surface area contributed by atoms with Gasteiger partial charge in [0.15, 0.2) is 5.69 Å². The highest BCUT2D eigenvalue weighted by atomic mass is 35.5. The van der Waals surface area contributed by atoms with Crippen molar-refractivity contribution in [1.82, 2.24) is 15.2 Å². The molecule has 0 bridgehead atoms. The van der Waals surface area contributed by atoms with Crippen molar-refractivity contribution in [2.75, 3.05) is 44.2 Å². The number of benzene rings is 1. The van der Waals surface area contributed by atoms with Crippen LogP contribution in [0.2, 0.25) is 5.02 Å². The van der Waals surface area contributed by atoms with Crippen LogP contribution < -0.4 is 10.2 Å². The van der Waals surface area contributed by atoms with E-state index in [1.54, 1.807) is 0 Å². The van der Waals surface area contributed by atoms with Crippen LogP contribution in [0.15, 0.2) is 34.9 Å². The number of ether oxygens (including phenoxy) is 1. The van der Waals surface area contributed by atoms with Gasteiger partial charge in [0.05, 0.1) is 12.6 Å². The molecule has 0 unspecified atom stereocenters. The minimum absolute atomic E-state index is 0.118. The number of anilines is 1. The molecule has 2 aromatic rings. The molecule has 1 aromatic heterocycles. The van der Waals surface area contributed by atoms with Gasteiger partial charge in [0, 0.05) is 50.0 Å². The highest BCUT2D eigenvalue weighted by Crippen LogP contribution is 2.20. The van der Waals surface area contributed by atoms with Crippen LogP contribution in [0.25, 0.3) is 0 Å². The third-order valence-electron chi connectivity index (χ3n) is 5.22. The summed E-state index contributed by atoms with van der Waals surface area (Å²) in [6.45, 7) is 5.58. The number of amides is 1. The average Bonchev–Trinajstić information content (AvgIpc) is 3.40. The molecular weight excluding hydrogens is 380 g/mol. The SMILES string of the molecule is O=C(NC[C@@H]1CCCO1)c1coc(CN2CCN(c3ccc(Cl)cc3)CC2)n1. The van der Waals surface area contributed by atoms with Crippen LogP contribution in [0, 0.1) is 0 Å². The van der Waals surface area contributed by atoms with E-state index >= 15 is 0 Å². The zero-order valence-corrected chi connectivity index (χ0v) is 16.5. The monoisotopic (exact) mass is 404 g/mol. The van der Waals surface area contributed by atoms with Crippen molar-refractivity contribution in [3.63, 3.8) is 0 Å². The Bertz CT molecular complexity index is 781. The Labute approximate surface area is 169 Å². The highest BCUT2D eigenvalue weighted by molar-refractivity contribution is 6.30. The number of carbonyl (C=O) groups excluding carboxylic acids is 1. The van der Waals surface area contributed by atoms with Gasteiger partial charge in [0.25, 0.3) is 5.91 Å². The second-order valence-electron chi connectivity index (χ2n) is 7.21. The molecule has 1 atom stereocenters. The van der Waals surface area contributed by atoms with Crippen molar-refractivity contribution in [3.8, 4) is 0 Å². The fraction of sp³-hybridized carbons (Fsp3) is 0.500. The zero-order valence-electron chi connectivity index (χ0n) is 15.8. The van der Waals surface area contributed by atoms with E-state index in [0.29, 0.717) is 24.7 Å². The number of rotatable bonds is 6. The van der Waals surface area contributed by atoms with Crippen LogP contribution in [0.4, 0.5) is 5.69 Å². The maximum atomic E-state index is 12.2. The Kier molecular flexibility index (Phi) is 6.14. The van der Waals surface area contributed by atoms with Crippen LogP contribution in [0.5, 0.6) is 0 Å². The number of nitrogens with one attached hydrogen (secondary N) is 1. The fourth-order valence-corrected chi connectivity index (χ4v) is 3.72. The first-order chi connectivity index (χ1) is 13.7. The molecule has 2 fully saturated rings. The molecule has 0 saturated carbocycles. The number of hydrogen-bond donors (Lipinski definition) is 1. The van der Waals surface area contributed by atoms with Crippen molar-refractivity contribution in [2.45, 2.75) is 25.5 Å². The van der Waals surface area contributed by atoms with E-state index in [9.17, 15) is 4.79 Å². The number of carbonyl (C=O) groups is 1. The van der Waals surface area contributed by atoms with Crippen molar-refractivity contribution in [2.24, 2.45) is 0 Å². The van der Waals surface area contributed by atoms with Crippen LogP contribution in [-0.2, 0) is 11.3 Å². The van der Waals surface area contributed by atoms with Crippen LogP contribution in [0.1, 0.15) is 29.2 Å². The number of oxazole rings is 1. The summed E-state index contributed by atoms with van der Waals surface area (Å²) < 4.78 is 11.0. The molecule has 0 spiro atoms. The summed E-state index contributed by atoms with van der Waals surface area (Å²) in [7, 11) is 0. The van der Waals surface area contributed by atoms with Gasteiger partial charge < -0.3 is 19.4 Å². The predicted octanol–water partition coefficient (Wildman–Crippen LogP) is 2.56. The molecule has 2 aliphatic heterocycles. The van der Waals surface area contributed by atoms with E-state index < -0.39 is 0 Å². The molecule has 1 aromatic carbocycles. The molecule has 0 aliphatic carbocycles. The van der Waals surface area contributed by atoms with Gasteiger partial charge in [-0.05, 0) is 37.1 Å². The average molecular weight is 405 g/mol. The molecule has 1 amide bonds. The van der Waals surface area contributed by atoms with Gasteiger partial charge in [-0.1, -0.05) is 11.6 Å². The summed E-state index contributed by atoms with van der Waals surface area (Å²) in [5.41, 5.74) is 1.51. The highest BCUT2D eigenvalue weighted by Gasteiger charge is 2.21. The molecule has 28 heavy (non-hydrogen) atoms. The Balaban J connectivity index is 1.24. The summed E-state index contributed by atoms with van der Waals surface area (Å²) in [4.78, 5) is 21.2. The Morgan fingerprint density at radius 3 is 2.71 bits per heavy atom. The Morgan fingerprint density at radius 1 is 1.21 bits per heavy atom. The second kappa shape index (κ2) is 8.94. The lowest BCUT2D eigenvalue weighted by Gasteiger charge is -2.35. The second-order valence-corrected chi connectivity index (χ2v) is 7.65. The summed E-state index contributed by atoms with van der Waals surface area (Å²) in [6, 6.07) is 7.93. The van der Waals surface area contributed by atoms with Gasteiger partial charge in [0.2, 0.25) is 5.89 Å². The minimum Gasteiger partial charge on any atom is -0.447 e. The van der Waals surface area contributed by atoms with E-state index in [1.807, 2.05) is 24.3 Å². The molecule has 7 nitrogen and oxygen atoms in total. The van der Waals surface area contributed by atoms with Crippen LogP contribution in [0.3, 0.4) is 0 Å². The summed E-state index contributed by atoms with van der Waals surface area (Å²) in [6.07, 6.45) is 3.60. The largest absolute Gasteiger partial charge is 0.447 e. The maximum absolute atomic E-state index is 12.2. The third kappa shape index (κ3) is 4.84. The van der Waals surface area contributed by atoms with Gasteiger partial charge in [-0.15, -0.1) is 0 Å². The summed E-state index contributed by atoms with van der Waals surface area (Å²) in [5.74, 6) is 0.361. The molecular formula is C20H25ClN4O3. The van der Waals surface area contributed by atoms with Crippen molar-refractivity contribution in [3.05, 3.63) is 47.1 Å². The number of hydrogen-bond acceptors (Lipinski definition) is 6. The number of aromatic nitrogens is 1. The predicted molar refractivity (Wildman–Crippen MR) is 107 cm³/mol. The molecule has 0 radical (unpaired) electrons. The molecule has 4 rings (SSSR count). The van der Waals surface area contributed by atoms with Crippen LogP contribution >= 0.6 is 11.6 Å². The Morgan fingerprint density at radius 2 is 2.00 bits per heavy atom. The molecule has 3 heterocycles. The standard InChI is InChI=1S/C20H25ClN4O3/c21-15-3-5-16(6-4-15)25-9-7-24(8-10-25)13-19-23-18(14-28-19)20(26)22-12-17-2-1-11-27-17/h3-6,14,17H,1-2,7-13H2,(H,22,26)/t17-/m0/s1. The van der Waals surface area contributed by atoms with Gasteiger partial charge in [-0.2, -0.15) is 0 Å². The first-order valence-corrected chi connectivity index (χ1v) is 10.1. The minimum atomic E-state index is -0.210. The van der Waals surface area contributed by atoms with Gasteiger partial charge in [0.1, 0.15) is 6.26 Å². The summed E-state index contributed by atoms with van der Waals surface area (Å²) >= 11 is 5.96. The topological polar surface area (TPSA) is 70.8 Å². The van der Waals surface area contributed by atoms with Crippen molar-refractivity contribution in [1.29, 1.82) is 0 Å². The smallest absolute Gasteiger partial charge is 0.273 e. The third-order valence-corrected chi connectivity index (χ3v) is 5.47. The molecule has 8 heteroatoms. The number of piperazine rings is 1. The Hall–Kier alpha value is -2.09.